The fourth-order valence-corrected chi connectivity index (χ4v) is 2.78. The van der Waals surface area contributed by atoms with Gasteiger partial charge in [0.15, 0.2) is 0 Å². The molecule has 0 bridgehead atoms. The first-order chi connectivity index (χ1) is 7.63. The molecule has 1 aromatic rings. The van der Waals surface area contributed by atoms with Crippen molar-refractivity contribution >= 4 is 15.9 Å². The van der Waals surface area contributed by atoms with Crippen LogP contribution in [-0.4, -0.2) is 6.04 Å². The van der Waals surface area contributed by atoms with Gasteiger partial charge in [0.2, 0.25) is 0 Å². The van der Waals surface area contributed by atoms with Crippen molar-refractivity contribution in [2.24, 2.45) is 11.7 Å². The summed E-state index contributed by atoms with van der Waals surface area (Å²) < 4.78 is 13.9. The van der Waals surface area contributed by atoms with Crippen LogP contribution >= 0.6 is 15.9 Å². The van der Waals surface area contributed by atoms with E-state index in [9.17, 15) is 4.39 Å². The van der Waals surface area contributed by atoms with E-state index in [1.54, 1.807) is 6.07 Å². The fraction of sp³-hybridized carbons (Fsp3) is 0.538. The number of hydrogen-bond acceptors (Lipinski definition) is 1. The molecular formula is C13H17BrFN. The Hall–Kier alpha value is -0.410. The molecule has 1 nitrogen and oxygen atoms in total. The van der Waals surface area contributed by atoms with Crippen molar-refractivity contribution in [2.75, 3.05) is 0 Å². The number of nitrogens with two attached hydrogens (primary N) is 1. The van der Waals surface area contributed by atoms with Gasteiger partial charge in [0, 0.05) is 10.5 Å². The van der Waals surface area contributed by atoms with Gasteiger partial charge < -0.3 is 5.73 Å². The van der Waals surface area contributed by atoms with E-state index in [4.69, 9.17) is 5.73 Å². The van der Waals surface area contributed by atoms with Crippen LogP contribution in [0.2, 0.25) is 0 Å². The van der Waals surface area contributed by atoms with E-state index in [1.807, 2.05) is 6.07 Å². The van der Waals surface area contributed by atoms with Gasteiger partial charge in [0.25, 0.3) is 0 Å². The zero-order valence-electron chi connectivity index (χ0n) is 9.26. The molecule has 0 radical (unpaired) electrons. The van der Waals surface area contributed by atoms with Crippen molar-refractivity contribution in [1.29, 1.82) is 0 Å². The first-order valence-electron chi connectivity index (χ1n) is 5.84. The van der Waals surface area contributed by atoms with Gasteiger partial charge in [0.05, 0.1) is 0 Å². The standard InChI is InChI=1S/C13H17BrFN/c14-11-4-10(5-12(15)8-11)7-13(16)6-9-2-1-3-9/h4-5,8-9,13H,1-3,6-7,16H2. The average Bonchev–Trinajstić information content (AvgIpc) is 2.09. The van der Waals surface area contributed by atoms with E-state index in [2.05, 4.69) is 15.9 Å². The highest BCUT2D eigenvalue weighted by molar-refractivity contribution is 9.10. The quantitative estimate of drug-likeness (QED) is 0.898. The highest BCUT2D eigenvalue weighted by Crippen LogP contribution is 2.30. The molecular weight excluding hydrogens is 269 g/mol. The SMILES string of the molecule is NC(Cc1cc(F)cc(Br)c1)CC1CCC1. The number of halogens is 2. The Morgan fingerprint density at radius 3 is 2.69 bits per heavy atom. The van der Waals surface area contributed by atoms with E-state index >= 15 is 0 Å². The second kappa shape index (κ2) is 5.28. The third-order valence-electron chi connectivity index (χ3n) is 3.28. The summed E-state index contributed by atoms with van der Waals surface area (Å²) in [5.74, 6) is 0.618. The van der Waals surface area contributed by atoms with Gasteiger partial charge >= 0.3 is 0 Å². The summed E-state index contributed by atoms with van der Waals surface area (Å²) in [6.45, 7) is 0. The first-order valence-corrected chi connectivity index (χ1v) is 6.63. The molecule has 0 aliphatic heterocycles. The lowest BCUT2D eigenvalue weighted by atomic mass is 9.80. The maximum absolute atomic E-state index is 13.1. The molecule has 0 aromatic heterocycles. The van der Waals surface area contributed by atoms with Crippen LogP contribution in [0.15, 0.2) is 22.7 Å². The van der Waals surface area contributed by atoms with E-state index in [0.29, 0.717) is 0 Å². The molecule has 1 saturated carbocycles. The number of hydrogen-bond donors (Lipinski definition) is 1. The van der Waals surface area contributed by atoms with Crippen LogP contribution < -0.4 is 5.73 Å². The predicted molar refractivity (Wildman–Crippen MR) is 67.7 cm³/mol. The minimum atomic E-state index is -0.194. The van der Waals surface area contributed by atoms with Crippen molar-refractivity contribution in [1.82, 2.24) is 0 Å². The van der Waals surface area contributed by atoms with Crippen molar-refractivity contribution in [2.45, 2.75) is 38.1 Å². The Labute approximate surface area is 104 Å². The molecule has 2 N–H and O–H groups in total. The fourth-order valence-electron chi connectivity index (χ4n) is 2.27. The van der Waals surface area contributed by atoms with Crippen LogP contribution in [0.1, 0.15) is 31.2 Å². The second-order valence-corrected chi connectivity index (χ2v) is 5.69. The minimum Gasteiger partial charge on any atom is -0.327 e. The Balaban J connectivity index is 1.91. The maximum Gasteiger partial charge on any atom is 0.124 e. The van der Waals surface area contributed by atoms with E-state index < -0.39 is 0 Å². The zero-order valence-corrected chi connectivity index (χ0v) is 10.8. The Kier molecular flexibility index (Phi) is 3.98. The van der Waals surface area contributed by atoms with E-state index in [0.717, 1.165) is 28.8 Å². The Morgan fingerprint density at radius 1 is 1.38 bits per heavy atom. The third kappa shape index (κ3) is 3.29. The molecule has 0 spiro atoms. The highest BCUT2D eigenvalue weighted by atomic mass is 79.9. The number of rotatable bonds is 4. The lowest BCUT2D eigenvalue weighted by Crippen LogP contribution is -2.28. The molecule has 88 valence electrons. The van der Waals surface area contributed by atoms with Gasteiger partial charge in [-0.05, 0) is 42.5 Å². The molecule has 1 unspecified atom stereocenters. The molecule has 1 fully saturated rings. The largest absolute Gasteiger partial charge is 0.327 e. The molecule has 1 aliphatic carbocycles. The predicted octanol–water partition coefficient (Wildman–Crippen LogP) is 3.65. The molecule has 1 aliphatic rings. The van der Waals surface area contributed by atoms with Gasteiger partial charge in [-0.25, -0.2) is 4.39 Å². The molecule has 0 amide bonds. The summed E-state index contributed by atoms with van der Waals surface area (Å²) in [6, 6.07) is 5.16. The van der Waals surface area contributed by atoms with Gasteiger partial charge in [-0.3, -0.25) is 0 Å². The van der Waals surface area contributed by atoms with Gasteiger partial charge in [-0.15, -0.1) is 0 Å². The minimum absolute atomic E-state index is 0.166. The normalized spacial score (nSPS) is 18.2. The maximum atomic E-state index is 13.1. The Bertz CT molecular complexity index is 343. The smallest absolute Gasteiger partial charge is 0.124 e. The molecule has 16 heavy (non-hydrogen) atoms. The summed E-state index contributed by atoms with van der Waals surface area (Å²) >= 11 is 3.30. The summed E-state index contributed by atoms with van der Waals surface area (Å²) in [7, 11) is 0. The van der Waals surface area contributed by atoms with Crippen LogP contribution in [0.3, 0.4) is 0 Å². The summed E-state index contributed by atoms with van der Waals surface area (Å²) in [6.07, 6.45) is 5.84. The lowest BCUT2D eigenvalue weighted by Gasteiger charge is -2.28. The van der Waals surface area contributed by atoms with Gasteiger partial charge in [-0.2, -0.15) is 0 Å². The molecule has 0 heterocycles. The van der Waals surface area contributed by atoms with E-state index in [1.165, 1.54) is 25.3 Å². The zero-order chi connectivity index (χ0) is 11.5. The summed E-state index contributed by atoms with van der Waals surface area (Å²) in [4.78, 5) is 0. The molecule has 3 heteroatoms. The van der Waals surface area contributed by atoms with Crippen molar-refractivity contribution in [3.05, 3.63) is 34.1 Å². The van der Waals surface area contributed by atoms with Crippen molar-refractivity contribution in [3.8, 4) is 0 Å². The first kappa shape index (κ1) is 12.1. The van der Waals surface area contributed by atoms with Crippen molar-refractivity contribution < 1.29 is 4.39 Å². The number of benzene rings is 1. The molecule has 1 atom stereocenters. The van der Waals surface area contributed by atoms with Crippen LogP contribution in [0.5, 0.6) is 0 Å². The third-order valence-corrected chi connectivity index (χ3v) is 3.74. The highest BCUT2D eigenvalue weighted by Gasteiger charge is 2.20. The van der Waals surface area contributed by atoms with Crippen LogP contribution in [0, 0.1) is 11.7 Å². The van der Waals surface area contributed by atoms with E-state index in [-0.39, 0.29) is 11.9 Å². The molecule has 1 aromatic carbocycles. The lowest BCUT2D eigenvalue weighted by molar-refractivity contribution is 0.275. The second-order valence-electron chi connectivity index (χ2n) is 4.77. The monoisotopic (exact) mass is 285 g/mol. The van der Waals surface area contributed by atoms with Crippen LogP contribution in [0.25, 0.3) is 0 Å². The van der Waals surface area contributed by atoms with Crippen LogP contribution in [-0.2, 0) is 6.42 Å². The van der Waals surface area contributed by atoms with Gasteiger partial charge in [0.1, 0.15) is 5.82 Å². The summed E-state index contributed by atoms with van der Waals surface area (Å²) in [5, 5.41) is 0. The molecule has 2 rings (SSSR count). The van der Waals surface area contributed by atoms with Gasteiger partial charge in [-0.1, -0.05) is 35.2 Å². The summed E-state index contributed by atoms with van der Waals surface area (Å²) in [5.41, 5.74) is 7.06. The van der Waals surface area contributed by atoms with Crippen molar-refractivity contribution in [3.63, 3.8) is 0 Å². The molecule has 0 saturated heterocycles. The Morgan fingerprint density at radius 2 is 2.12 bits per heavy atom. The average molecular weight is 286 g/mol. The topological polar surface area (TPSA) is 26.0 Å². The van der Waals surface area contributed by atoms with Crippen LogP contribution in [0.4, 0.5) is 4.39 Å².